The minimum atomic E-state index is 0.346. The second kappa shape index (κ2) is 6.14. The second-order valence-electron chi connectivity index (χ2n) is 6.46. The van der Waals surface area contributed by atoms with Crippen LogP contribution in [0.2, 0.25) is 0 Å². The van der Waals surface area contributed by atoms with Crippen molar-refractivity contribution in [3.8, 4) is 0 Å². The molecule has 0 spiro atoms. The first-order chi connectivity index (χ1) is 10.8. The summed E-state index contributed by atoms with van der Waals surface area (Å²) in [5.41, 5.74) is 4.07. The number of aromatic amines is 1. The van der Waals surface area contributed by atoms with Gasteiger partial charge in [-0.1, -0.05) is 0 Å². The molecule has 0 amide bonds. The lowest BCUT2D eigenvalue weighted by atomic mass is 10.2. The van der Waals surface area contributed by atoms with Crippen LogP contribution in [-0.4, -0.2) is 28.8 Å². The third-order valence-electron chi connectivity index (χ3n) is 4.67. The van der Waals surface area contributed by atoms with Crippen LogP contribution in [0.15, 0.2) is 12.1 Å². The fourth-order valence-electron chi connectivity index (χ4n) is 3.55. The molecule has 0 radical (unpaired) electrons. The Morgan fingerprint density at radius 3 is 3.14 bits per heavy atom. The van der Waals surface area contributed by atoms with Crippen LogP contribution in [0.4, 0.5) is 0 Å². The quantitative estimate of drug-likeness (QED) is 0.918. The van der Waals surface area contributed by atoms with E-state index < -0.39 is 0 Å². The molecule has 22 heavy (non-hydrogen) atoms. The predicted octanol–water partition coefficient (Wildman–Crippen LogP) is 3.44. The maximum Gasteiger partial charge on any atom is 0.0917 e. The molecule has 1 N–H and O–H groups in total. The minimum Gasteiger partial charge on any atom is -0.373 e. The Bertz CT molecular complexity index is 642. The molecule has 118 valence electrons. The normalized spacial score (nSPS) is 20.9. The van der Waals surface area contributed by atoms with Crippen molar-refractivity contribution in [3.05, 3.63) is 38.8 Å². The van der Waals surface area contributed by atoms with Gasteiger partial charge in [0.1, 0.15) is 0 Å². The number of nitrogens with one attached hydrogen (secondary N) is 1. The van der Waals surface area contributed by atoms with Crippen LogP contribution >= 0.6 is 11.3 Å². The molecule has 0 bridgehead atoms. The number of rotatable bonds is 5. The van der Waals surface area contributed by atoms with E-state index in [4.69, 9.17) is 4.74 Å². The topological polar surface area (TPSA) is 41.1 Å². The summed E-state index contributed by atoms with van der Waals surface area (Å²) in [4.78, 5) is 5.17. The Hall–Kier alpha value is -1.17. The van der Waals surface area contributed by atoms with Crippen LogP contribution in [0, 0.1) is 0 Å². The van der Waals surface area contributed by atoms with Crippen LogP contribution in [0.25, 0.3) is 0 Å². The zero-order valence-corrected chi connectivity index (χ0v) is 13.9. The molecule has 4 rings (SSSR count). The van der Waals surface area contributed by atoms with Gasteiger partial charge in [-0.25, -0.2) is 0 Å². The SMILES string of the molecule is CN(Cc1ccc(C2CCCO2)s1)Cc1n[nH]c2c1CCC2. The van der Waals surface area contributed by atoms with Gasteiger partial charge >= 0.3 is 0 Å². The third kappa shape index (κ3) is 2.85. The molecular weight excluding hydrogens is 294 g/mol. The van der Waals surface area contributed by atoms with E-state index in [9.17, 15) is 0 Å². The summed E-state index contributed by atoms with van der Waals surface area (Å²) in [6.07, 6.45) is 6.35. The largest absolute Gasteiger partial charge is 0.373 e. The number of aryl methyl sites for hydroxylation is 1. The summed E-state index contributed by atoms with van der Waals surface area (Å²) in [6, 6.07) is 4.50. The van der Waals surface area contributed by atoms with Crippen molar-refractivity contribution in [2.75, 3.05) is 13.7 Å². The van der Waals surface area contributed by atoms with Gasteiger partial charge in [0.25, 0.3) is 0 Å². The Kier molecular flexibility index (Phi) is 4.03. The first-order valence-corrected chi connectivity index (χ1v) is 9.05. The second-order valence-corrected chi connectivity index (χ2v) is 7.66. The first-order valence-electron chi connectivity index (χ1n) is 8.23. The highest BCUT2D eigenvalue weighted by Crippen LogP contribution is 2.33. The molecule has 5 heteroatoms. The number of aromatic nitrogens is 2. The summed E-state index contributed by atoms with van der Waals surface area (Å²) >= 11 is 1.90. The number of hydrogen-bond donors (Lipinski definition) is 1. The van der Waals surface area contributed by atoms with E-state index >= 15 is 0 Å². The van der Waals surface area contributed by atoms with Crippen molar-refractivity contribution in [2.45, 2.75) is 51.3 Å². The maximum absolute atomic E-state index is 5.78. The molecule has 1 atom stereocenters. The van der Waals surface area contributed by atoms with Crippen molar-refractivity contribution in [3.63, 3.8) is 0 Å². The van der Waals surface area contributed by atoms with E-state index in [1.807, 2.05) is 11.3 Å². The van der Waals surface area contributed by atoms with Gasteiger partial charge in [-0.15, -0.1) is 11.3 Å². The van der Waals surface area contributed by atoms with Crippen LogP contribution in [-0.2, 0) is 30.7 Å². The molecule has 1 saturated heterocycles. The molecule has 4 nitrogen and oxygen atoms in total. The van der Waals surface area contributed by atoms with Gasteiger partial charge < -0.3 is 4.74 Å². The predicted molar refractivity (Wildman–Crippen MR) is 88.0 cm³/mol. The molecule has 1 aliphatic heterocycles. The number of ether oxygens (including phenoxy) is 1. The van der Waals surface area contributed by atoms with Gasteiger partial charge in [-0.05, 0) is 56.8 Å². The van der Waals surface area contributed by atoms with Crippen LogP contribution in [0.1, 0.15) is 52.1 Å². The van der Waals surface area contributed by atoms with Gasteiger partial charge in [0.2, 0.25) is 0 Å². The van der Waals surface area contributed by atoms with Crippen molar-refractivity contribution >= 4 is 11.3 Å². The highest BCUT2D eigenvalue weighted by Gasteiger charge is 2.21. The number of H-pyrrole nitrogens is 1. The van der Waals surface area contributed by atoms with E-state index in [2.05, 4.69) is 34.3 Å². The Labute approximate surface area is 135 Å². The van der Waals surface area contributed by atoms with Crippen molar-refractivity contribution in [1.82, 2.24) is 15.1 Å². The minimum absolute atomic E-state index is 0.346. The number of nitrogens with zero attached hydrogens (tertiary/aromatic N) is 2. The van der Waals surface area contributed by atoms with Crippen molar-refractivity contribution < 1.29 is 4.74 Å². The monoisotopic (exact) mass is 317 g/mol. The Morgan fingerprint density at radius 1 is 1.32 bits per heavy atom. The van der Waals surface area contributed by atoms with E-state index in [0.717, 1.165) is 19.7 Å². The lowest BCUT2D eigenvalue weighted by Crippen LogP contribution is -2.17. The Balaban J connectivity index is 1.38. The molecule has 1 unspecified atom stereocenters. The molecule has 0 saturated carbocycles. The third-order valence-corrected chi connectivity index (χ3v) is 5.83. The van der Waals surface area contributed by atoms with E-state index in [0.29, 0.717) is 6.10 Å². The lowest BCUT2D eigenvalue weighted by Gasteiger charge is -2.15. The van der Waals surface area contributed by atoms with Gasteiger partial charge in [-0.3, -0.25) is 10.00 Å². The fourth-order valence-corrected chi connectivity index (χ4v) is 4.73. The first kappa shape index (κ1) is 14.4. The molecule has 2 aromatic rings. The summed E-state index contributed by atoms with van der Waals surface area (Å²) in [5.74, 6) is 0. The molecule has 1 fully saturated rings. The summed E-state index contributed by atoms with van der Waals surface area (Å²) in [6.45, 7) is 2.83. The number of hydrogen-bond acceptors (Lipinski definition) is 4. The molecular formula is C17H23N3OS. The van der Waals surface area contributed by atoms with E-state index in [1.54, 1.807) is 0 Å². The van der Waals surface area contributed by atoms with Crippen molar-refractivity contribution in [1.29, 1.82) is 0 Å². The van der Waals surface area contributed by atoms with Crippen molar-refractivity contribution in [2.24, 2.45) is 0 Å². The zero-order chi connectivity index (χ0) is 14.9. The highest BCUT2D eigenvalue weighted by atomic mass is 32.1. The van der Waals surface area contributed by atoms with Crippen LogP contribution in [0.3, 0.4) is 0 Å². The van der Waals surface area contributed by atoms with E-state index in [1.165, 1.54) is 58.8 Å². The molecule has 0 aromatic carbocycles. The summed E-state index contributed by atoms with van der Waals surface area (Å²) in [7, 11) is 2.18. The number of thiophene rings is 1. The average molecular weight is 317 g/mol. The van der Waals surface area contributed by atoms with Gasteiger partial charge in [0.05, 0.1) is 11.8 Å². The lowest BCUT2D eigenvalue weighted by molar-refractivity contribution is 0.114. The van der Waals surface area contributed by atoms with E-state index in [-0.39, 0.29) is 0 Å². The standard InChI is InChI=1S/C17H23N3OS/c1-20(11-15-13-4-2-5-14(13)18-19-15)10-12-7-8-17(22-12)16-6-3-9-21-16/h7-8,16H,2-6,9-11H2,1H3,(H,18,19). The Morgan fingerprint density at radius 2 is 2.27 bits per heavy atom. The fraction of sp³-hybridized carbons (Fsp3) is 0.588. The smallest absolute Gasteiger partial charge is 0.0917 e. The van der Waals surface area contributed by atoms with Gasteiger partial charge in [-0.2, -0.15) is 5.10 Å². The van der Waals surface area contributed by atoms with Gasteiger partial charge in [0, 0.05) is 35.1 Å². The summed E-state index contributed by atoms with van der Waals surface area (Å²) < 4.78 is 5.78. The summed E-state index contributed by atoms with van der Waals surface area (Å²) in [5, 5.41) is 7.71. The molecule has 1 aliphatic carbocycles. The highest BCUT2D eigenvalue weighted by molar-refractivity contribution is 7.12. The van der Waals surface area contributed by atoms with Crippen LogP contribution in [0.5, 0.6) is 0 Å². The van der Waals surface area contributed by atoms with Gasteiger partial charge in [0.15, 0.2) is 0 Å². The zero-order valence-electron chi connectivity index (χ0n) is 13.1. The molecule has 2 aliphatic rings. The van der Waals surface area contributed by atoms with Crippen LogP contribution < -0.4 is 0 Å². The maximum atomic E-state index is 5.78. The molecule has 3 heterocycles. The number of fused-ring (bicyclic) bond motifs is 1. The average Bonchev–Trinajstić information content (AvgIpc) is 3.24. The molecule has 2 aromatic heterocycles.